The van der Waals surface area contributed by atoms with E-state index >= 15 is 0 Å². The Morgan fingerprint density at radius 1 is 1.06 bits per heavy atom. The first-order chi connectivity index (χ1) is 8.24. The fourth-order valence-corrected chi connectivity index (χ4v) is 1.46. The number of benzene rings is 1. The second-order valence-electron chi connectivity index (χ2n) is 3.42. The topological polar surface area (TPSA) is 47.0 Å². The number of aromatic nitrogens is 1. The number of nitrogens with zero attached hydrogens (tertiary/aromatic N) is 1. The Hall–Kier alpha value is -2.36. The lowest BCUT2D eigenvalue weighted by atomic mass is 10.1. The van der Waals surface area contributed by atoms with Crippen molar-refractivity contribution in [1.29, 1.82) is 0 Å². The predicted molar refractivity (Wildman–Crippen MR) is 60.4 cm³/mol. The van der Waals surface area contributed by atoms with E-state index in [-0.39, 0.29) is 11.3 Å². The van der Waals surface area contributed by atoms with Crippen molar-refractivity contribution in [2.24, 2.45) is 0 Å². The highest BCUT2D eigenvalue weighted by molar-refractivity contribution is 5.78. The van der Waals surface area contributed by atoms with Crippen LogP contribution in [0.4, 0.5) is 4.39 Å². The third-order valence-electron chi connectivity index (χ3n) is 2.31. The molecule has 0 atom stereocenters. The molecule has 0 bridgehead atoms. The highest BCUT2D eigenvalue weighted by atomic mass is 19.1. The summed E-state index contributed by atoms with van der Waals surface area (Å²) in [6, 6.07) is 9.09. The molecule has 0 amide bonds. The van der Waals surface area contributed by atoms with Crippen LogP contribution in [0.2, 0.25) is 0 Å². The standard InChI is InChI=1S/C13H8FNO2/c14-12-6-9(4-5-10(12)7-16)13-3-1-2-11(8-17)15-13/h1-8H. The van der Waals surface area contributed by atoms with Crippen molar-refractivity contribution in [2.45, 2.75) is 0 Å². The van der Waals surface area contributed by atoms with E-state index < -0.39 is 5.82 Å². The molecule has 1 aromatic carbocycles. The third-order valence-corrected chi connectivity index (χ3v) is 2.31. The molecule has 1 aromatic heterocycles. The first-order valence-corrected chi connectivity index (χ1v) is 4.92. The van der Waals surface area contributed by atoms with Crippen molar-refractivity contribution < 1.29 is 14.0 Å². The maximum Gasteiger partial charge on any atom is 0.168 e. The normalized spacial score (nSPS) is 9.94. The number of aldehydes is 2. The van der Waals surface area contributed by atoms with Gasteiger partial charge in [0.15, 0.2) is 12.6 Å². The Balaban J connectivity index is 2.49. The van der Waals surface area contributed by atoms with Gasteiger partial charge in [-0.1, -0.05) is 12.1 Å². The second kappa shape index (κ2) is 4.65. The molecule has 0 unspecified atom stereocenters. The van der Waals surface area contributed by atoms with E-state index in [1.165, 1.54) is 12.1 Å². The summed E-state index contributed by atoms with van der Waals surface area (Å²) in [5.74, 6) is -0.601. The number of rotatable bonds is 3. The van der Waals surface area contributed by atoms with Gasteiger partial charge in [0, 0.05) is 5.56 Å². The minimum absolute atomic E-state index is 0.000270. The molecule has 4 heteroatoms. The lowest BCUT2D eigenvalue weighted by molar-refractivity contribution is 0.111. The van der Waals surface area contributed by atoms with E-state index in [0.717, 1.165) is 0 Å². The van der Waals surface area contributed by atoms with Crippen LogP contribution in [0, 0.1) is 5.82 Å². The maximum absolute atomic E-state index is 13.4. The summed E-state index contributed by atoms with van der Waals surface area (Å²) in [5.41, 5.74) is 1.30. The fraction of sp³-hybridized carbons (Fsp3) is 0. The monoisotopic (exact) mass is 229 g/mol. The minimum atomic E-state index is -0.601. The van der Waals surface area contributed by atoms with Gasteiger partial charge in [-0.25, -0.2) is 9.37 Å². The fourth-order valence-electron chi connectivity index (χ4n) is 1.46. The molecule has 0 N–H and O–H groups in total. The maximum atomic E-state index is 13.4. The quantitative estimate of drug-likeness (QED) is 0.760. The molecule has 0 fully saturated rings. The van der Waals surface area contributed by atoms with Crippen molar-refractivity contribution in [3.63, 3.8) is 0 Å². The van der Waals surface area contributed by atoms with Crippen LogP contribution in [-0.2, 0) is 0 Å². The molecule has 0 radical (unpaired) electrons. The van der Waals surface area contributed by atoms with Gasteiger partial charge in [0.05, 0.1) is 11.3 Å². The van der Waals surface area contributed by atoms with Gasteiger partial charge in [0.25, 0.3) is 0 Å². The van der Waals surface area contributed by atoms with E-state index in [1.54, 1.807) is 24.3 Å². The Morgan fingerprint density at radius 3 is 2.53 bits per heavy atom. The average molecular weight is 229 g/mol. The lowest BCUT2D eigenvalue weighted by Crippen LogP contribution is -1.92. The molecule has 2 rings (SSSR count). The molecule has 0 aliphatic heterocycles. The van der Waals surface area contributed by atoms with Gasteiger partial charge in [-0.05, 0) is 24.3 Å². The van der Waals surface area contributed by atoms with Crippen LogP contribution >= 0.6 is 0 Å². The molecule has 3 nitrogen and oxygen atoms in total. The predicted octanol–water partition coefficient (Wildman–Crippen LogP) is 2.51. The molecule has 1 heterocycles. The van der Waals surface area contributed by atoms with E-state index in [9.17, 15) is 14.0 Å². The van der Waals surface area contributed by atoms with E-state index in [2.05, 4.69) is 4.98 Å². The van der Waals surface area contributed by atoms with Gasteiger partial charge < -0.3 is 0 Å². The molecule has 0 spiro atoms. The Bertz CT molecular complexity index is 581. The number of hydrogen-bond donors (Lipinski definition) is 0. The van der Waals surface area contributed by atoms with Crippen LogP contribution < -0.4 is 0 Å². The lowest BCUT2D eigenvalue weighted by Gasteiger charge is -2.02. The van der Waals surface area contributed by atoms with E-state index in [4.69, 9.17) is 0 Å². The first kappa shape index (κ1) is 11.1. The zero-order valence-corrected chi connectivity index (χ0v) is 8.76. The van der Waals surface area contributed by atoms with Crippen LogP contribution in [0.5, 0.6) is 0 Å². The van der Waals surface area contributed by atoms with Gasteiger partial charge in [-0.3, -0.25) is 9.59 Å². The van der Waals surface area contributed by atoms with Gasteiger partial charge >= 0.3 is 0 Å². The summed E-state index contributed by atoms with van der Waals surface area (Å²) in [7, 11) is 0. The van der Waals surface area contributed by atoms with Crippen molar-refractivity contribution in [3.8, 4) is 11.3 Å². The van der Waals surface area contributed by atoms with Crippen LogP contribution in [-0.4, -0.2) is 17.6 Å². The molecular formula is C13H8FNO2. The summed E-state index contributed by atoms with van der Waals surface area (Å²) in [4.78, 5) is 25.1. The molecule has 2 aromatic rings. The van der Waals surface area contributed by atoms with Gasteiger partial charge in [-0.15, -0.1) is 0 Å². The molecular weight excluding hydrogens is 221 g/mol. The van der Waals surface area contributed by atoms with Crippen molar-refractivity contribution in [3.05, 3.63) is 53.5 Å². The smallest absolute Gasteiger partial charge is 0.168 e. The number of carbonyl (C=O) groups is 2. The van der Waals surface area contributed by atoms with Crippen LogP contribution in [0.15, 0.2) is 36.4 Å². The van der Waals surface area contributed by atoms with Gasteiger partial charge in [0.2, 0.25) is 0 Å². The Morgan fingerprint density at radius 2 is 1.88 bits per heavy atom. The van der Waals surface area contributed by atoms with Crippen LogP contribution in [0.3, 0.4) is 0 Å². The summed E-state index contributed by atoms with van der Waals surface area (Å²) in [6.45, 7) is 0. The molecule has 0 aliphatic rings. The average Bonchev–Trinajstić information content (AvgIpc) is 2.38. The van der Waals surface area contributed by atoms with Crippen molar-refractivity contribution >= 4 is 12.6 Å². The summed E-state index contributed by atoms with van der Waals surface area (Å²) >= 11 is 0. The SMILES string of the molecule is O=Cc1cccc(-c2ccc(C=O)c(F)c2)n1. The largest absolute Gasteiger partial charge is 0.298 e. The Labute approximate surface area is 96.9 Å². The number of hydrogen-bond acceptors (Lipinski definition) is 3. The van der Waals surface area contributed by atoms with Crippen LogP contribution in [0.25, 0.3) is 11.3 Å². The van der Waals surface area contributed by atoms with Gasteiger partial charge in [0.1, 0.15) is 11.5 Å². The van der Waals surface area contributed by atoms with Crippen molar-refractivity contribution in [2.75, 3.05) is 0 Å². The van der Waals surface area contributed by atoms with Crippen molar-refractivity contribution in [1.82, 2.24) is 4.98 Å². The second-order valence-corrected chi connectivity index (χ2v) is 3.42. The molecule has 0 saturated carbocycles. The number of halogens is 1. The summed E-state index contributed by atoms with van der Waals surface area (Å²) in [6.07, 6.45) is 1.08. The summed E-state index contributed by atoms with van der Waals surface area (Å²) in [5, 5.41) is 0. The molecule has 0 saturated heterocycles. The zero-order valence-electron chi connectivity index (χ0n) is 8.76. The zero-order chi connectivity index (χ0) is 12.3. The summed E-state index contributed by atoms with van der Waals surface area (Å²) < 4.78 is 13.4. The van der Waals surface area contributed by atoms with E-state index in [0.29, 0.717) is 23.8 Å². The van der Waals surface area contributed by atoms with Gasteiger partial charge in [-0.2, -0.15) is 0 Å². The minimum Gasteiger partial charge on any atom is -0.298 e. The highest BCUT2D eigenvalue weighted by Crippen LogP contribution is 2.19. The molecule has 0 aliphatic carbocycles. The molecule has 84 valence electrons. The highest BCUT2D eigenvalue weighted by Gasteiger charge is 2.05. The Kier molecular flexibility index (Phi) is 3.05. The van der Waals surface area contributed by atoms with Crippen LogP contribution in [0.1, 0.15) is 20.8 Å². The first-order valence-electron chi connectivity index (χ1n) is 4.92. The number of carbonyl (C=O) groups excluding carboxylic acids is 2. The third kappa shape index (κ3) is 2.25. The molecule has 17 heavy (non-hydrogen) atoms. The number of pyridine rings is 1. The van der Waals surface area contributed by atoms with E-state index in [1.807, 2.05) is 0 Å².